The van der Waals surface area contributed by atoms with Crippen LogP contribution in [0.15, 0.2) is 84.9 Å². The van der Waals surface area contributed by atoms with Gasteiger partial charge in [-0.25, -0.2) is 4.68 Å². The zero-order chi connectivity index (χ0) is 22.3. The lowest BCUT2D eigenvalue weighted by Gasteiger charge is -2.27. The van der Waals surface area contributed by atoms with Gasteiger partial charge >= 0.3 is 0 Å². The average molecular weight is 442 g/mol. The molecule has 160 valence electrons. The summed E-state index contributed by atoms with van der Waals surface area (Å²) in [5, 5.41) is 14.8. The van der Waals surface area contributed by atoms with Crippen molar-refractivity contribution in [2.75, 3.05) is 0 Å². The smallest absolute Gasteiger partial charge is 0.179 e. The molecule has 6 heteroatoms. The van der Waals surface area contributed by atoms with Gasteiger partial charge in [0.2, 0.25) is 0 Å². The molecule has 0 N–H and O–H groups in total. The Kier molecular flexibility index (Phi) is 5.06. The first-order valence-corrected chi connectivity index (χ1v) is 11.0. The Morgan fingerprint density at radius 1 is 0.844 bits per heavy atom. The Bertz CT molecular complexity index is 1360. The van der Waals surface area contributed by atoms with E-state index < -0.39 is 0 Å². The summed E-state index contributed by atoms with van der Waals surface area (Å²) in [5.41, 5.74) is 4.15. The van der Waals surface area contributed by atoms with E-state index in [2.05, 4.69) is 108 Å². The number of para-hydroxylation sites is 1. The van der Waals surface area contributed by atoms with Crippen molar-refractivity contribution < 1.29 is 0 Å². The molecule has 2 heterocycles. The minimum absolute atomic E-state index is 0.239. The van der Waals surface area contributed by atoms with Crippen molar-refractivity contribution >= 4 is 22.5 Å². The third-order valence-corrected chi connectivity index (χ3v) is 5.89. The predicted molar refractivity (Wildman–Crippen MR) is 129 cm³/mol. The number of nitrogens with zero attached hydrogens (tertiary/aromatic N) is 5. The Morgan fingerprint density at radius 2 is 1.53 bits per heavy atom. The monoisotopic (exact) mass is 441 g/mol. The maximum Gasteiger partial charge on any atom is 0.179 e. The van der Waals surface area contributed by atoms with E-state index in [1.807, 2.05) is 22.9 Å². The molecule has 0 amide bonds. The number of tetrazole rings is 1. The van der Waals surface area contributed by atoms with E-state index in [4.69, 9.17) is 11.6 Å². The summed E-state index contributed by atoms with van der Waals surface area (Å²) in [6.07, 6.45) is 0. The molecule has 1 atom stereocenters. The Balaban J connectivity index is 1.86. The number of hydrogen-bond acceptors (Lipinski definition) is 3. The van der Waals surface area contributed by atoms with E-state index in [1.165, 1.54) is 5.39 Å². The Labute approximate surface area is 192 Å². The van der Waals surface area contributed by atoms with E-state index in [-0.39, 0.29) is 11.6 Å². The zero-order valence-electron chi connectivity index (χ0n) is 18.3. The van der Waals surface area contributed by atoms with Crippen molar-refractivity contribution in [3.8, 4) is 11.3 Å². The third-order valence-electron chi connectivity index (χ3n) is 5.64. The second kappa shape index (κ2) is 7.92. The number of fused-ring (bicyclic) bond motifs is 1. The van der Waals surface area contributed by atoms with Crippen molar-refractivity contribution in [1.82, 2.24) is 24.8 Å². The summed E-state index contributed by atoms with van der Waals surface area (Å²) in [5.74, 6) is 0.776. The van der Waals surface area contributed by atoms with Gasteiger partial charge in [0.05, 0.1) is 11.2 Å². The van der Waals surface area contributed by atoms with Crippen LogP contribution < -0.4 is 0 Å². The van der Waals surface area contributed by atoms with Crippen LogP contribution >= 0.6 is 11.6 Å². The van der Waals surface area contributed by atoms with E-state index in [0.29, 0.717) is 5.02 Å². The molecule has 0 spiro atoms. The van der Waals surface area contributed by atoms with Gasteiger partial charge in [-0.2, -0.15) is 0 Å². The summed E-state index contributed by atoms with van der Waals surface area (Å²) < 4.78 is 4.25. The maximum absolute atomic E-state index is 6.24. The molecule has 5 nitrogen and oxygen atoms in total. The highest BCUT2D eigenvalue weighted by molar-refractivity contribution is 6.30. The van der Waals surface area contributed by atoms with Crippen LogP contribution in [0.25, 0.3) is 22.2 Å². The molecule has 0 bridgehead atoms. The highest BCUT2D eigenvalue weighted by atomic mass is 35.5. The molecule has 0 aliphatic heterocycles. The van der Waals surface area contributed by atoms with Crippen molar-refractivity contribution in [2.45, 2.75) is 32.4 Å². The molecular weight excluding hydrogens is 418 g/mol. The molecule has 0 fully saturated rings. The van der Waals surface area contributed by atoms with E-state index in [0.717, 1.165) is 28.2 Å². The highest BCUT2D eigenvalue weighted by Gasteiger charge is 2.30. The minimum Gasteiger partial charge on any atom is -0.325 e. The second-order valence-corrected chi connectivity index (χ2v) is 9.33. The van der Waals surface area contributed by atoms with Gasteiger partial charge in [0.15, 0.2) is 5.82 Å². The largest absolute Gasteiger partial charge is 0.325 e. The quantitative estimate of drug-likeness (QED) is 0.327. The van der Waals surface area contributed by atoms with Crippen LogP contribution in [0.4, 0.5) is 0 Å². The first-order valence-electron chi connectivity index (χ1n) is 10.6. The van der Waals surface area contributed by atoms with Crippen molar-refractivity contribution in [2.24, 2.45) is 0 Å². The molecule has 0 aliphatic carbocycles. The van der Waals surface area contributed by atoms with Gasteiger partial charge in [-0.05, 0) is 66.6 Å². The predicted octanol–water partition coefficient (Wildman–Crippen LogP) is 6.34. The molecule has 2 aromatic heterocycles. The maximum atomic E-state index is 6.24. The van der Waals surface area contributed by atoms with Crippen LogP contribution in [0.2, 0.25) is 5.02 Å². The van der Waals surface area contributed by atoms with Gasteiger partial charge in [-0.3, -0.25) is 0 Å². The van der Waals surface area contributed by atoms with Gasteiger partial charge in [0.25, 0.3) is 0 Å². The van der Waals surface area contributed by atoms with Gasteiger partial charge in [-0.15, -0.1) is 5.10 Å². The molecule has 0 saturated heterocycles. The average Bonchev–Trinajstić information content (AvgIpc) is 3.42. The van der Waals surface area contributed by atoms with E-state index in [1.54, 1.807) is 0 Å². The molecule has 5 rings (SSSR count). The fraction of sp³-hybridized carbons (Fsp3) is 0.192. The highest BCUT2D eigenvalue weighted by Crippen LogP contribution is 2.37. The summed E-state index contributed by atoms with van der Waals surface area (Å²) in [7, 11) is 0. The number of hydrogen-bond donors (Lipinski definition) is 0. The van der Waals surface area contributed by atoms with E-state index in [9.17, 15) is 0 Å². The lowest BCUT2D eigenvalue weighted by molar-refractivity contribution is 0.328. The lowest BCUT2D eigenvalue weighted by atomic mass is 10.0. The number of halogens is 1. The first-order chi connectivity index (χ1) is 15.4. The number of rotatable bonds is 4. The van der Waals surface area contributed by atoms with Gasteiger partial charge in [0, 0.05) is 15.9 Å². The molecule has 0 aliphatic rings. The van der Waals surface area contributed by atoms with Crippen molar-refractivity contribution in [3.05, 3.63) is 101 Å². The van der Waals surface area contributed by atoms with E-state index >= 15 is 0 Å². The van der Waals surface area contributed by atoms with Crippen molar-refractivity contribution in [3.63, 3.8) is 0 Å². The van der Waals surface area contributed by atoms with Crippen LogP contribution in [0.1, 0.15) is 38.2 Å². The summed E-state index contributed by atoms with van der Waals surface area (Å²) in [4.78, 5) is 0. The number of benzene rings is 3. The first kappa shape index (κ1) is 20.5. The molecule has 32 heavy (non-hydrogen) atoms. The normalized spacial score (nSPS) is 12.9. The van der Waals surface area contributed by atoms with Crippen LogP contribution in [0, 0.1) is 0 Å². The van der Waals surface area contributed by atoms with Crippen LogP contribution in [0.3, 0.4) is 0 Å². The molecule has 1 unspecified atom stereocenters. The van der Waals surface area contributed by atoms with Crippen LogP contribution in [0.5, 0.6) is 0 Å². The summed E-state index contributed by atoms with van der Waals surface area (Å²) in [6.45, 7) is 6.33. The molecule has 0 radical (unpaired) electrons. The van der Waals surface area contributed by atoms with Gasteiger partial charge < -0.3 is 4.57 Å². The second-order valence-electron chi connectivity index (χ2n) is 8.90. The standard InChI is InChI=1S/C26H24ClN5/c1-26(2,3)32-25(28-29-30-32)24(19-13-15-21(27)16-14-19)31-22-12-8-7-11-20(22)17-23(31)18-9-5-4-6-10-18/h4-17,24H,1-3H3. The number of aromatic nitrogens is 5. The Morgan fingerprint density at radius 3 is 2.25 bits per heavy atom. The summed E-state index contributed by atoms with van der Waals surface area (Å²) in [6, 6.07) is 28.8. The molecule has 3 aromatic carbocycles. The van der Waals surface area contributed by atoms with Crippen LogP contribution in [-0.2, 0) is 5.54 Å². The molecule has 5 aromatic rings. The fourth-order valence-electron chi connectivity index (χ4n) is 4.19. The summed E-state index contributed by atoms with van der Waals surface area (Å²) >= 11 is 6.24. The molecular formula is C26H24ClN5. The topological polar surface area (TPSA) is 48.5 Å². The third kappa shape index (κ3) is 3.59. The molecule has 0 saturated carbocycles. The van der Waals surface area contributed by atoms with Crippen molar-refractivity contribution in [1.29, 1.82) is 0 Å². The lowest BCUT2D eigenvalue weighted by Crippen LogP contribution is -2.29. The fourth-order valence-corrected chi connectivity index (χ4v) is 4.31. The minimum atomic E-state index is -0.278. The SMILES string of the molecule is CC(C)(C)n1nnnc1C(c1ccc(Cl)cc1)n1c(-c2ccccc2)cc2ccccc21. The van der Waals surface area contributed by atoms with Gasteiger partial charge in [-0.1, -0.05) is 72.3 Å². The van der Waals surface area contributed by atoms with Crippen LogP contribution in [-0.4, -0.2) is 24.8 Å². The van der Waals surface area contributed by atoms with Gasteiger partial charge in [0.1, 0.15) is 6.04 Å². The Hall–Kier alpha value is -3.44. The zero-order valence-corrected chi connectivity index (χ0v) is 19.0.